The Kier molecular flexibility index (Phi) is 4.56. The first-order valence-corrected chi connectivity index (χ1v) is 6.83. The first-order chi connectivity index (χ1) is 9.04. The lowest BCUT2D eigenvalue weighted by molar-refractivity contribution is 0.620. The summed E-state index contributed by atoms with van der Waals surface area (Å²) in [6, 6.07) is 10.9. The summed E-state index contributed by atoms with van der Waals surface area (Å²) in [5.41, 5.74) is 6.65. The molecule has 0 spiro atoms. The molecular formula is C15H15F2NS. The maximum atomic E-state index is 13.3. The van der Waals surface area contributed by atoms with E-state index in [9.17, 15) is 8.78 Å². The van der Waals surface area contributed by atoms with Gasteiger partial charge in [-0.15, -0.1) is 0 Å². The Hall–Kier alpha value is -1.39. The van der Waals surface area contributed by atoms with Gasteiger partial charge in [-0.2, -0.15) is 0 Å². The highest BCUT2D eigenvalue weighted by molar-refractivity contribution is 7.99. The van der Waals surface area contributed by atoms with Gasteiger partial charge in [0, 0.05) is 15.8 Å². The van der Waals surface area contributed by atoms with E-state index in [0.717, 1.165) is 15.4 Å². The molecule has 0 amide bonds. The Morgan fingerprint density at radius 2 is 1.68 bits per heavy atom. The standard InChI is InChI=1S/C15H15F2NS/c1-10(18)8-11-9-13(17)4-7-15(11)19-14-5-2-12(16)3-6-14/h2-7,9-10H,8,18H2,1H3. The highest BCUT2D eigenvalue weighted by atomic mass is 32.2. The third kappa shape index (κ3) is 4.04. The van der Waals surface area contributed by atoms with E-state index in [4.69, 9.17) is 5.73 Å². The summed E-state index contributed by atoms with van der Waals surface area (Å²) in [6.45, 7) is 1.89. The maximum absolute atomic E-state index is 13.3. The summed E-state index contributed by atoms with van der Waals surface area (Å²) in [7, 11) is 0. The largest absolute Gasteiger partial charge is 0.328 e. The van der Waals surface area contributed by atoms with Gasteiger partial charge in [-0.1, -0.05) is 11.8 Å². The minimum atomic E-state index is -0.265. The maximum Gasteiger partial charge on any atom is 0.123 e. The quantitative estimate of drug-likeness (QED) is 0.915. The van der Waals surface area contributed by atoms with Gasteiger partial charge in [0.05, 0.1) is 0 Å². The molecule has 0 bridgehead atoms. The molecular weight excluding hydrogens is 264 g/mol. The third-order valence-corrected chi connectivity index (χ3v) is 3.73. The van der Waals surface area contributed by atoms with Crippen molar-refractivity contribution in [3.63, 3.8) is 0 Å². The first kappa shape index (κ1) is 14.0. The van der Waals surface area contributed by atoms with Crippen LogP contribution in [-0.2, 0) is 6.42 Å². The van der Waals surface area contributed by atoms with Gasteiger partial charge in [0.2, 0.25) is 0 Å². The highest BCUT2D eigenvalue weighted by Gasteiger charge is 2.08. The second-order valence-corrected chi connectivity index (χ2v) is 5.60. The number of hydrogen-bond acceptors (Lipinski definition) is 2. The predicted octanol–water partition coefficient (Wildman–Crippen LogP) is 4.01. The second kappa shape index (κ2) is 6.17. The molecule has 19 heavy (non-hydrogen) atoms. The zero-order valence-electron chi connectivity index (χ0n) is 10.6. The van der Waals surface area contributed by atoms with Crippen molar-refractivity contribution in [2.24, 2.45) is 5.73 Å². The Morgan fingerprint density at radius 3 is 2.32 bits per heavy atom. The van der Waals surface area contributed by atoms with Crippen molar-refractivity contribution in [1.29, 1.82) is 0 Å². The van der Waals surface area contributed by atoms with Crippen LogP contribution in [0.4, 0.5) is 8.78 Å². The number of rotatable bonds is 4. The normalized spacial score (nSPS) is 12.4. The summed E-state index contributed by atoms with van der Waals surface area (Å²) >= 11 is 1.48. The minimum absolute atomic E-state index is 0.0330. The lowest BCUT2D eigenvalue weighted by Gasteiger charge is -2.11. The van der Waals surface area contributed by atoms with Gasteiger partial charge in [-0.05, 0) is 61.4 Å². The molecule has 2 rings (SSSR count). The molecule has 2 aromatic carbocycles. The predicted molar refractivity (Wildman–Crippen MR) is 74.3 cm³/mol. The smallest absolute Gasteiger partial charge is 0.123 e. The molecule has 100 valence electrons. The van der Waals surface area contributed by atoms with E-state index in [1.54, 1.807) is 18.2 Å². The molecule has 2 aromatic rings. The molecule has 0 radical (unpaired) electrons. The molecule has 0 fully saturated rings. The Morgan fingerprint density at radius 1 is 1.05 bits per heavy atom. The Bertz CT molecular complexity index is 553. The van der Waals surface area contributed by atoms with Crippen molar-refractivity contribution in [1.82, 2.24) is 0 Å². The minimum Gasteiger partial charge on any atom is -0.328 e. The zero-order valence-corrected chi connectivity index (χ0v) is 11.4. The van der Waals surface area contributed by atoms with Crippen LogP contribution in [0, 0.1) is 11.6 Å². The van der Waals surface area contributed by atoms with Crippen molar-refractivity contribution in [3.05, 3.63) is 59.7 Å². The van der Waals surface area contributed by atoms with E-state index in [1.807, 2.05) is 6.92 Å². The van der Waals surface area contributed by atoms with Crippen molar-refractivity contribution in [2.75, 3.05) is 0 Å². The third-order valence-electron chi connectivity index (χ3n) is 2.61. The van der Waals surface area contributed by atoms with Gasteiger partial charge >= 0.3 is 0 Å². The SMILES string of the molecule is CC(N)Cc1cc(F)ccc1Sc1ccc(F)cc1. The molecule has 0 heterocycles. The topological polar surface area (TPSA) is 26.0 Å². The van der Waals surface area contributed by atoms with Crippen LogP contribution >= 0.6 is 11.8 Å². The summed E-state index contributed by atoms with van der Waals surface area (Å²) in [6.07, 6.45) is 0.612. The van der Waals surface area contributed by atoms with Gasteiger partial charge in [0.15, 0.2) is 0 Å². The van der Waals surface area contributed by atoms with Crippen molar-refractivity contribution >= 4 is 11.8 Å². The average molecular weight is 279 g/mol. The van der Waals surface area contributed by atoms with E-state index < -0.39 is 0 Å². The van der Waals surface area contributed by atoms with E-state index in [-0.39, 0.29) is 17.7 Å². The summed E-state index contributed by atoms with van der Waals surface area (Å²) < 4.78 is 26.1. The Balaban J connectivity index is 2.26. The Labute approximate surface area is 115 Å². The van der Waals surface area contributed by atoms with Crippen LogP contribution in [0.5, 0.6) is 0 Å². The van der Waals surface area contributed by atoms with Crippen LogP contribution in [-0.4, -0.2) is 6.04 Å². The van der Waals surface area contributed by atoms with Crippen molar-refractivity contribution < 1.29 is 8.78 Å². The van der Waals surface area contributed by atoms with Gasteiger partial charge < -0.3 is 5.73 Å². The van der Waals surface area contributed by atoms with Crippen LogP contribution in [0.2, 0.25) is 0 Å². The van der Waals surface area contributed by atoms with Crippen molar-refractivity contribution in [2.45, 2.75) is 29.2 Å². The van der Waals surface area contributed by atoms with Crippen LogP contribution in [0.3, 0.4) is 0 Å². The molecule has 0 aliphatic heterocycles. The summed E-state index contributed by atoms with van der Waals surface area (Å²) in [5.74, 6) is -0.529. The number of hydrogen-bond donors (Lipinski definition) is 1. The summed E-state index contributed by atoms with van der Waals surface area (Å²) in [5, 5.41) is 0. The van der Waals surface area contributed by atoms with Crippen LogP contribution in [0.25, 0.3) is 0 Å². The number of nitrogens with two attached hydrogens (primary N) is 1. The lowest BCUT2D eigenvalue weighted by Crippen LogP contribution is -2.18. The van der Waals surface area contributed by atoms with Gasteiger partial charge in [0.25, 0.3) is 0 Å². The molecule has 0 saturated carbocycles. The van der Waals surface area contributed by atoms with E-state index in [0.29, 0.717) is 6.42 Å². The molecule has 4 heteroatoms. The van der Waals surface area contributed by atoms with Crippen LogP contribution in [0.15, 0.2) is 52.3 Å². The van der Waals surface area contributed by atoms with Gasteiger partial charge in [0.1, 0.15) is 11.6 Å². The fourth-order valence-corrected chi connectivity index (χ4v) is 2.72. The molecule has 1 nitrogen and oxygen atoms in total. The van der Waals surface area contributed by atoms with E-state index in [2.05, 4.69) is 0 Å². The monoisotopic (exact) mass is 279 g/mol. The van der Waals surface area contributed by atoms with Crippen molar-refractivity contribution in [3.8, 4) is 0 Å². The van der Waals surface area contributed by atoms with E-state index in [1.165, 1.54) is 36.0 Å². The molecule has 0 saturated heterocycles. The number of halogens is 2. The van der Waals surface area contributed by atoms with E-state index >= 15 is 0 Å². The molecule has 0 aliphatic carbocycles. The second-order valence-electron chi connectivity index (χ2n) is 4.49. The van der Waals surface area contributed by atoms with Crippen LogP contribution in [0.1, 0.15) is 12.5 Å². The first-order valence-electron chi connectivity index (χ1n) is 6.02. The summed E-state index contributed by atoms with van der Waals surface area (Å²) in [4.78, 5) is 1.87. The lowest BCUT2D eigenvalue weighted by atomic mass is 10.1. The fourth-order valence-electron chi connectivity index (χ4n) is 1.78. The molecule has 2 N–H and O–H groups in total. The van der Waals surface area contributed by atoms with Crippen LogP contribution < -0.4 is 5.73 Å². The molecule has 1 atom stereocenters. The zero-order chi connectivity index (χ0) is 13.8. The average Bonchev–Trinajstić information content (AvgIpc) is 2.34. The molecule has 0 aromatic heterocycles. The highest BCUT2D eigenvalue weighted by Crippen LogP contribution is 2.31. The molecule has 1 unspecified atom stereocenters. The molecule has 0 aliphatic rings. The van der Waals surface area contributed by atoms with Gasteiger partial charge in [-0.3, -0.25) is 0 Å². The van der Waals surface area contributed by atoms with Gasteiger partial charge in [-0.25, -0.2) is 8.78 Å². The fraction of sp³-hybridized carbons (Fsp3) is 0.200. The number of benzene rings is 2.